The zero-order chi connectivity index (χ0) is 22.6. The summed E-state index contributed by atoms with van der Waals surface area (Å²) >= 11 is 7.67. The molecule has 0 atom stereocenters. The molecule has 2 aromatic heterocycles. The van der Waals surface area contributed by atoms with Gasteiger partial charge in [0.1, 0.15) is 10.6 Å². The van der Waals surface area contributed by atoms with Crippen molar-refractivity contribution in [3.63, 3.8) is 0 Å². The molecule has 0 fully saturated rings. The Labute approximate surface area is 193 Å². The van der Waals surface area contributed by atoms with Gasteiger partial charge in [-0.15, -0.1) is 22.0 Å². The van der Waals surface area contributed by atoms with Crippen molar-refractivity contribution in [3.8, 4) is 11.5 Å². The first kappa shape index (κ1) is 22.0. The molecule has 4 rings (SSSR count). The molecular formula is C21H15ClN4O4S2. The molecule has 0 aliphatic carbocycles. The van der Waals surface area contributed by atoms with Crippen LogP contribution in [0.1, 0.15) is 16.1 Å². The van der Waals surface area contributed by atoms with E-state index in [-0.39, 0.29) is 27.1 Å². The Morgan fingerprint density at radius 1 is 1.09 bits per heavy atom. The van der Waals surface area contributed by atoms with E-state index in [0.29, 0.717) is 10.6 Å². The van der Waals surface area contributed by atoms with Crippen LogP contribution in [0.5, 0.6) is 0 Å². The summed E-state index contributed by atoms with van der Waals surface area (Å²) in [6.45, 7) is 0. The van der Waals surface area contributed by atoms with Crippen LogP contribution in [0.2, 0.25) is 5.02 Å². The topological polar surface area (TPSA) is 115 Å². The largest absolute Gasteiger partial charge is 0.423 e. The van der Waals surface area contributed by atoms with E-state index in [4.69, 9.17) is 16.0 Å². The van der Waals surface area contributed by atoms with E-state index >= 15 is 0 Å². The van der Waals surface area contributed by atoms with E-state index in [0.717, 1.165) is 12.0 Å². The summed E-state index contributed by atoms with van der Waals surface area (Å²) in [5.41, 5.74) is 1.20. The number of carbonyl (C=O) groups excluding carboxylic acids is 1. The quantitative estimate of drug-likeness (QED) is 0.386. The van der Waals surface area contributed by atoms with E-state index < -0.39 is 15.9 Å². The molecule has 0 unspecified atom stereocenters. The van der Waals surface area contributed by atoms with Gasteiger partial charge in [-0.1, -0.05) is 48.0 Å². The highest BCUT2D eigenvalue weighted by atomic mass is 35.5. The Bertz CT molecular complexity index is 1330. The van der Waals surface area contributed by atoms with Crippen LogP contribution in [-0.2, 0) is 15.8 Å². The predicted molar refractivity (Wildman–Crippen MR) is 120 cm³/mol. The number of sulfonamides is 1. The number of rotatable bonds is 7. The molecule has 8 nitrogen and oxygen atoms in total. The van der Waals surface area contributed by atoms with Crippen molar-refractivity contribution in [2.45, 2.75) is 15.5 Å². The van der Waals surface area contributed by atoms with E-state index in [2.05, 4.69) is 19.9 Å². The second-order valence-electron chi connectivity index (χ2n) is 6.45. The minimum Gasteiger partial charge on any atom is -0.423 e. The van der Waals surface area contributed by atoms with Gasteiger partial charge in [0.15, 0.2) is 0 Å². The summed E-state index contributed by atoms with van der Waals surface area (Å²) in [6.07, 6.45) is 2.51. The summed E-state index contributed by atoms with van der Waals surface area (Å²) < 4.78 is 33.6. The lowest BCUT2D eigenvalue weighted by Gasteiger charge is -2.13. The van der Waals surface area contributed by atoms with E-state index in [1.807, 2.05) is 30.3 Å². The molecule has 2 aromatic carbocycles. The van der Waals surface area contributed by atoms with Gasteiger partial charge in [0.2, 0.25) is 12.3 Å². The zero-order valence-electron chi connectivity index (χ0n) is 16.3. The second-order valence-corrected chi connectivity index (χ2v) is 9.52. The van der Waals surface area contributed by atoms with Gasteiger partial charge in [-0.2, -0.15) is 0 Å². The van der Waals surface area contributed by atoms with E-state index in [9.17, 15) is 13.2 Å². The molecule has 0 bridgehead atoms. The van der Waals surface area contributed by atoms with Gasteiger partial charge in [0.25, 0.3) is 15.9 Å². The summed E-state index contributed by atoms with van der Waals surface area (Å²) in [6, 6.07) is 17.0. The summed E-state index contributed by atoms with van der Waals surface area (Å²) in [5.74, 6) is -0.297. The highest BCUT2D eigenvalue weighted by Gasteiger charge is 2.26. The van der Waals surface area contributed by atoms with Crippen LogP contribution in [0.25, 0.3) is 11.5 Å². The molecule has 4 aromatic rings. The first-order chi connectivity index (χ1) is 15.4. The number of pyridine rings is 1. The van der Waals surface area contributed by atoms with Gasteiger partial charge in [-0.05, 0) is 29.8 Å². The van der Waals surface area contributed by atoms with Crippen LogP contribution in [0.15, 0.2) is 87.5 Å². The Balaban J connectivity index is 1.73. The van der Waals surface area contributed by atoms with Crippen LogP contribution in [-0.4, -0.2) is 29.5 Å². The minimum atomic E-state index is -4.28. The van der Waals surface area contributed by atoms with Gasteiger partial charge in [0, 0.05) is 16.8 Å². The van der Waals surface area contributed by atoms with Crippen molar-refractivity contribution in [1.82, 2.24) is 19.9 Å². The van der Waals surface area contributed by atoms with Crippen LogP contribution in [0, 0.1) is 0 Å². The predicted octanol–water partition coefficient (Wildman–Crippen LogP) is 4.20. The number of thioether (sulfide) groups is 1. The summed E-state index contributed by atoms with van der Waals surface area (Å²) in [5, 5.41) is 7.65. The fraction of sp³-hybridized carbons (Fsp3) is 0.0476. The number of benzene rings is 2. The summed E-state index contributed by atoms with van der Waals surface area (Å²) in [7, 11) is -4.28. The number of nitrogens with zero attached hydrogens (tertiary/aromatic N) is 3. The Morgan fingerprint density at radius 2 is 1.88 bits per heavy atom. The van der Waals surface area contributed by atoms with Crippen LogP contribution in [0.4, 0.5) is 0 Å². The van der Waals surface area contributed by atoms with Crippen LogP contribution >= 0.6 is 23.4 Å². The fourth-order valence-corrected chi connectivity index (χ4v) is 5.56. The molecule has 32 heavy (non-hydrogen) atoms. The first-order valence-corrected chi connectivity index (χ1v) is 12.0. The number of amides is 1. The molecule has 162 valence electrons. The van der Waals surface area contributed by atoms with Gasteiger partial charge in [0.05, 0.1) is 10.6 Å². The lowest BCUT2D eigenvalue weighted by Crippen LogP contribution is -2.31. The summed E-state index contributed by atoms with van der Waals surface area (Å²) in [4.78, 5) is 16.6. The van der Waals surface area contributed by atoms with E-state index in [1.54, 1.807) is 12.1 Å². The minimum absolute atomic E-state index is 0.0272. The number of hydrogen-bond donors (Lipinski definition) is 1. The highest BCUT2D eigenvalue weighted by molar-refractivity contribution is 7.99. The third-order valence-electron chi connectivity index (χ3n) is 4.28. The third-order valence-corrected chi connectivity index (χ3v) is 7.21. The van der Waals surface area contributed by atoms with Crippen molar-refractivity contribution in [1.29, 1.82) is 0 Å². The lowest BCUT2D eigenvalue weighted by molar-refractivity contribution is 0.0976. The molecule has 0 spiro atoms. The first-order valence-electron chi connectivity index (χ1n) is 9.19. The fourth-order valence-electron chi connectivity index (χ4n) is 2.77. The second kappa shape index (κ2) is 9.51. The molecule has 1 N–H and O–H groups in total. The molecule has 0 saturated carbocycles. The van der Waals surface area contributed by atoms with Gasteiger partial charge in [-0.3, -0.25) is 9.78 Å². The van der Waals surface area contributed by atoms with E-state index in [1.165, 1.54) is 36.2 Å². The molecule has 0 radical (unpaired) electrons. The average Bonchev–Trinajstić information content (AvgIpc) is 3.33. The third kappa shape index (κ3) is 4.98. The molecule has 1 amide bonds. The Kier molecular flexibility index (Phi) is 6.54. The van der Waals surface area contributed by atoms with Crippen molar-refractivity contribution < 1.29 is 17.6 Å². The van der Waals surface area contributed by atoms with Crippen LogP contribution in [0.3, 0.4) is 0 Å². The SMILES string of the molecule is O=C(NS(=O)(=O)c1cc(-c2nnco2)c(Cl)cc1SCc1ccccc1)c1ccccn1. The van der Waals surface area contributed by atoms with Gasteiger partial charge >= 0.3 is 0 Å². The molecule has 11 heteroatoms. The molecule has 0 aliphatic heterocycles. The molecule has 0 aliphatic rings. The molecular weight excluding hydrogens is 472 g/mol. The standard InChI is InChI=1S/C21H15ClN4O4S2/c22-16-11-18(31-12-14-6-2-1-3-7-14)19(10-15(16)21-25-24-13-30-21)32(28,29)26-20(27)17-8-4-5-9-23-17/h1-11,13H,12H2,(H,26,27). The maximum atomic E-state index is 13.2. The average molecular weight is 487 g/mol. The monoisotopic (exact) mass is 486 g/mol. The highest BCUT2D eigenvalue weighted by Crippen LogP contribution is 2.37. The molecule has 0 saturated heterocycles. The van der Waals surface area contributed by atoms with Crippen molar-refractivity contribution in [3.05, 3.63) is 89.5 Å². The number of nitrogens with one attached hydrogen (secondary N) is 1. The smallest absolute Gasteiger partial charge is 0.283 e. The van der Waals surface area contributed by atoms with Gasteiger partial charge in [-0.25, -0.2) is 13.1 Å². The number of halogens is 1. The lowest BCUT2D eigenvalue weighted by atomic mass is 10.2. The number of carbonyl (C=O) groups is 1. The van der Waals surface area contributed by atoms with Gasteiger partial charge < -0.3 is 4.42 Å². The van der Waals surface area contributed by atoms with Crippen molar-refractivity contribution in [2.75, 3.05) is 0 Å². The zero-order valence-corrected chi connectivity index (χ0v) is 18.7. The molecule has 2 heterocycles. The normalized spacial score (nSPS) is 11.3. The maximum Gasteiger partial charge on any atom is 0.283 e. The maximum absolute atomic E-state index is 13.2. The van der Waals surface area contributed by atoms with Crippen molar-refractivity contribution >= 4 is 39.3 Å². The number of aromatic nitrogens is 3. The van der Waals surface area contributed by atoms with Crippen LogP contribution < -0.4 is 4.72 Å². The number of hydrogen-bond acceptors (Lipinski definition) is 8. The Morgan fingerprint density at radius 3 is 2.56 bits per heavy atom. The van der Waals surface area contributed by atoms with Crippen molar-refractivity contribution in [2.24, 2.45) is 0 Å². The Hall–Kier alpha value is -3.21.